The number of nitrogens with one attached hydrogen (secondary N) is 1. The quantitative estimate of drug-likeness (QED) is 0.580. The molecule has 166 valence electrons. The maximum absolute atomic E-state index is 13.4. The number of anilines is 1. The highest BCUT2D eigenvalue weighted by Crippen LogP contribution is 2.38. The number of hydrogen-bond acceptors (Lipinski definition) is 8. The van der Waals surface area contributed by atoms with Crippen LogP contribution in [0.25, 0.3) is 5.57 Å². The third-order valence-electron chi connectivity index (χ3n) is 5.52. The van der Waals surface area contributed by atoms with Gasteiger partial charge in [-0.05, 0) is 41.3 Å². The molecule has 8 nitrogen and oxygen atoms in total. The van der Waals surface area contributed by atoms with Gasteiger partial charge in [0, 0.05) is 16.6 Å². The summed E-state index contributed by atoms with van der Waals surface area (Å²) in [5, 5.41) is 5.04. The molecular formula is C24H18N2O6S. The second-order valence-corrected chi connectivity index (χ2v) is 8.54. The van der Waals surface area contributed by atoms with Gasteiger partial charge in [-0.3, -0.25) is 14.5 Å². The molecule has 2 aromatic carbocycles. The standard InChI is InChI=1S/C24H18N2O6S/c27-23-21(20-2-1-9-33-20)22(25-15-4-6-16-19(11-15)30-8-7-29-16)24(28)26(23)12-14-3-5-17-18(10-14)32-13-31-17/h1-6,9-11,25H,7-8,12-13H2. The lowest BCUT2D eigenvalue weighted by atomic mass is 10.1. The predicted octanol–water partition coefficient (Wildman–Crippen LogP) is 3.64. The fraction of sp³-hybridized carbons (Fsp3) is 0.167. The van der Waals surface area contributed by atoms with E-state index in [9.17, 15) is 9.59 Å². The number of imide groups is 1. The van der Waals surface area contributed by atoms with E-state index in [1.54, 1.807) is 30.3 Å². The van der Waals surface area contributed by atoms with Gasteiger partial charge >= 0.3 is 0 Å². The topological polar surface area (TPSA) is 86.3 Å². The van der Waals surface area contributed by atoms with Crippen molar-refractivity contribution in [1.82, 2.24) is 4.90 Å². The second-order valence-electron chi connectivity index (χ2n) is 7.59. The molecule has 1 aromatic heterocycles. The van der Waals surface area contributed by atoms with Gasteiger partial charge in [0.25, 0.3) is 11.8 Å². The maximum atomic E-state index is 13.4. The van der Waals surface area contributed by atoms with Crippen molar-refractivity contribution in [2.24, 2.45) is 0 Å². The Labute approximate surface area is 192 Å². The molecule has 6 rings (SSSR count). The van der Waals surface area contributed by atoms with Gasteiger partial charge in [-0.2, -0.15) is 0 Å². The molecule has 2 amide bonds. The Hall–Kier alpha value is -3.98. The van der Waals surface area contributed by atoms with Gasteiger partial charge in [0.15, 0.2) is 23.0 Å². The molecule has 0 fully saturated rings. The smallest absolute Gasteiger partial charge is 0.278 e. The van der Waals surface area contributed by atoms with Crippen molar-refractivity contribution in [3.63, 3.8) is 0 Å². The summed E-state index contributed by atoms with van der Waals surface area (Å²) in [7, 11) is 0. The Morgan fingerprint density at radius 2 is 1.61 bits per heavy atom. The minimum atomic E-state index is -0.393. The number of nitrogens with zero attached hydrogens (tertiary/aromatic N) is 1. The first-order valence-electron chi connectivity index (χ1n) is 10.4. The van der Waals surface area contributed by atoms with Crippen molar-refractivity contribution < 1.29 is 28.5 Å². The van der Waals surface area contributed by atoms with E-state index in [2.05, 4.69) is 5.32 Å². The SMILES string of the molecule is O=C1C(Nc2ccc3c(c2)OCCO3)=C(c2cccs2)C(=O)N1Cc1ccc2c(c1)OCO2. The zero-order chi connectivity index (χ0) is 22.4. The van der Waals surface area contributed by atoms with Gasteiger partial charge in [-0.15, -0.1) is 11.3 Å². The normalized spacial score (nSPS) is 16.5. The number of hydrogen-bond donors (Lipinski definition) is 1. The Morgan fingerprint density at radius 3 is 2.45 bits per heavy atom. The zero-order valence-corrected chi connectivity index (χ0v) is 18.1. The minimum Gasteiger partial charge on any atom is -0.486 e. The van der Waals surface area contributed by atoms with E-state index in [0.717, 1.165) is 10.4 Å². The van der Waals surface area contributed by atoms with Crippen molar-refractivity contribution in [2.75, 3.05) is 25.3 Å². The maximum Gasteiger partial charge on any atom is 0.278 e. The number of carbonyl (C=O) groups is 2. The molecule has 3 aliphatic heterocycles. The average molecular weight is 462 g/mol. The molecule has 33 heavy (non-hydrogen) atoms. The summed E-state index contributed by atoms with van der Waals surface area (Å²) < 4.78 is 22.0. The van der Waals surface area contributed by atoms with E-state index in [-0.39, 0.29) is 24.9 Å². The van der Waals surface area contributed by atoms with Crippen LogP contribution >= 0.6 is 11.3 Å². The largest absolute Gasteiger partial charge is 0.486 e. The molecule has 1 N–H and O–H groups in total. The summed E-state index contributed by atoms with van der Waals surface area (Å²) in [5.41, 5.74) is 1.99. The molecule has 0 saturated carbocycles. The molecule has 0 unspecified atom stereocenters. The molecular weight excluding hydrogens is 444 g/mol. The molecule has 3 aromatic rings. The molecule has 0 spiro atoms. The molecule has 0 atom stereocenters. The second kappa shape index (κ2) is 7.86. The molecule has 0 bridgehead atoms. The van der Waals surface area contributed by atoms with Crippen LogP contribution in [-0.2, 0) is 16.1 Å². The molecule has 3 aliphatic rings. The molecule has 9 heteroatoms. The third-order valence-corrected chi connectivity index (χ3v) is 6.41. The number of ether oxygens (including phenoxy) is 4. The van der Waals surface area contributed by atoms with Crippen LogP contribution in [0, 0.1) is 0 Å². The van der Waals surface area contributed by atoms with Crippen molar-refractivity contribution in [3.8, 4) is 23.0 Å². The van der Waals surface area contributed by atoms with Crippen LogP contribution in [0.3, 0.4) is 0 Å². The zero-order valence-electron chi connectivity index (χ0n) is 17.3. The number of benzene rings is 2. The summed E-state index contributed by atoms with van der Waals surface area (Å²) in [4.78, 5) is 28.8. The van der Waals surface area contributed by atoms with Crippen LogP contribution < -0.4 is 24.3 Å². The fourth-order valence-electron chi connectivity index (χ4n) is 3.97. The Morgan fingerprint density at radius 1 is 0.848 bits per heavy atom. The average Bonchev–Trinajstić information content (AvgIpc) is 3.57. The van der Waals surface area contributed by atoms with Crippen LogP contribution in [0.15, 0.2) is 59.6 Å². The van der Waals surface area contributed by atoms with Crippen molar-refractivity contribution in [3.05, 3.63) is 70.0 Å². The number of thiophene rings is 1. The van der Waals surface area contributed by atoms with Crippen LogP contribution in [0.5, 0.6) is 23.0 Å². The molecule has 0 saturated heterocycles. The summed E-state index contributed by atoms with van der Waals surface area (Å²) >= 11 is 1.41. The van der Waals surface area contributed by atoms with E-state index in [0.29, 0.717) is 47.5 Å². The number of fused-ring (bicyclic) bond motifs is 2. The van der Waals surface area contributed by atoms with Gasteiger partial charge < -0.3 is 24.3 Å². The van der Waals surface area contributed by atoms with Gasteiger partial charge in [0.2, 0.25) is 6.79 Å². The monoisotopic (exact) mass is 462 g/mol. The van der Waals surface area contributed by atoms with Gasteiger partial charge in [-0.1, -0.05) is 12.1 Å². The summed E-state index contributed by atoms with van der Waals surface area (Å²) in [6.45, 7) is 1.24. The minimum absolute atomic E-state index is 0.121. The predicted molar refractivity (Wildman–Crippen MR) is 120 cm³/mol. The van der Waals surface area contributed by atoms with E-state index < -0.39 is 5.91 Å². The van der Waals surface area contributed by atoms with E-state index in [4.69, 9.17) is 18.9 Å². The lowest BCUT2D eigenvalue weighted by Crippen LogP contribution is -2.31. The fourth-order valence-corrected chi connectivity index (χ4v) is 4.74. The van der Waals surface area contributed by atoms with E-state index in [1.165, 1.54) is 16.2 Å². The number of amides is 2. The van der Waals surface area contributed by atoms with Gasteiger partial charge in [0.1, 0.15) is 18.9 Å². The molecule has 4 heterocycles. The highest BCUT2D eigenvalue weighted by Gasteiger charge is 2.40. The van der Waals surface area contributed by atoms with Crippen LogP contribution in [-0.4, -0.2) is 36.7 Å². The Bertz CT molecular complexity index is 1300. The lowest BCUT2D eigenvalue weighted by Gasteiger charge is -2.19. The Kier molecular flexibility index (Phi) is 4.69. The summed E-state index contributed by atoms with van der Waals surface area (Å²) in [6.07, 6.45) is 0. The van der Waals surface area contributed by atoms with Gasteiger partial charge in [-0.25, -0.2) is 0 Å². The van der Waals surface area contributed by atoms with Crippen LogP contribution in [0.1, 0.15) is 10.4 Å². The summed E-state index contributed by atoms with van der Waals surface area (Å²) in [5.74, 6) is 1.76. The lowest BCUT2D eigenvalue weighted by molar-refractivity contribution is -0.137. The number of rotatable bonds is 5. The van der Waals surface area contributed by atoms with Crippen molar-refractivity contribution >= 4 is 34.4 Å². The summed E-state index contributed by atoms with van der Waals surface area (Å²) in [6, 6.07) is 14.4. The van der Waals surface area contributed by atoms with E-state index in [1.807, 2.05) is 23.6 Å². The highest BCUT2D eigenvalue weighted by molar-refractivity contribution is 7.11. The first-order chi connectivity index (χ1) is 16.2. The Balaban J connectivity index is 1.33. The highest BCUT2D eigenvalue weighted by atomic mass is 32.1. The third kappa shape index (κ3) is 3.46. The first-order valence-corrected chi connectivity index (χ1v) is 11.2. The van der Waals surface area contributed by atoms with Crippen LogP contribution in [0.4, 0.5) is 5.69 Å². The number of carbonyl (C=O) groups excluding carboxylic acids is 2. The molecule has 0 radical (unpaired) electrons. The van der Waals surface area contributed by atoms with Crippen molar-refractivity contribution in [1.29, 1.82) is 0 Å². The van der Waals surface area contributed by atoms with Gasteiger partial charge in [0.05, 0.1) is 12.1 Å². The first kappa shape index (κ1) is 19.7. The van der Waals surface area contributed by atoms with Crippen LogP contribution in [0.2, 0.25) is 0 Å². The van der Waals surface area contributed by atoms with Crippen molar-refractivity contribution in [2.45, 2.75) is 6.54 Å². The molecule has 0 aliphatic carbocycles. The van der Waals surface area contributed by atoms with E-state index >= 15 is 0 Å².